The summed E-state index contributed by atoms with van der Waals surface area (Å²) in [5.74, 6) is 1.42. The molecule has 8 heteroatoms. The zero-order chi connectivity index (χ0) is 25.6. The first-order valence-electron chi connectivity index (χ1n) is 13.3. The predicted octanol–water partition coefficient (Wildman–Crippen LogP) is 4.46. The van der Waals surface area contributed by atoms with E-state index in [1.165, 1.54) is 0 Å². The first kappa shape index (κ1) is 24.8. The van der Waals surface area contributed by atoms with E-state index >= 15 is 0 Å². The molecule has 0 radical (unpaired) electrons. The van der Waals surface area contributed by atoms with Gasteiger partial charge in [-0.05, 0) is 35.4 Å². The van der Waals surface area contributed by atoms with Gasteiger partial charge >= 0.3 is 0 Å². The summed E-state index contributed by atoms with van der Waals surface area (Å²) in [6, 6.07) is 22.6. The van der Waals surface area contributed by atoms with Crippen LogP contribution in [0.5, 0.6) is 5.75 Å². The monoisotopic (exact) mass is 511 g/mol. The number of ether oxygens (including phenoxy) is 3. The number of morpholine rings is 2. The lowest BCUT2D eigenvalue weighted by molar-refractivity contribution is 0.0159. The Morgan fingerprint density at radius 2 is 1.71 bits per heavy atom. The lowest BCUT2D eigenvalue weighted by Gasteiger charge is -2.24. The van der Waals surface area contributed by atoms with Gasteiger partial charge < -0.3 is 30.2 Å². The molecule has 0 amide bonds. The first-order valence-corrected chi connectivity index (χ1v) is 13.3. The van der Waals surface area contributed by atoms with Crippen LogP contribution in [0, 0.1) is 0 Å². The van der Waals surface area contributed by atoms with E-state index in [-0.39, 0.29) is 12.2 Å². The molecule has 0 spiro atoms. The molecule has 2 aliphatic heterocycles. The van der Waals surface area contributed by atoms with Crippen molar-refractivity contribution in [3.05, 3.63) is 78.5 Å². The van der Waals surface area contributed by atoms with Crippen LogP contribution in [0.15, 0.2) is 72.9 Å². The van der Waals surface area contributed by atoms with Crippen molar-refractivity contribution in [2.75, 3.05) is 51.3 Å². The third kappa shape index (κ3) is 5.95. The SMILES string of the molecule is c1cc(-c2ccc(OCCC3CNCCO3)cc2)c2nc(Nc3ccc(C4CNCCO4)cc3)ncc2c1. The average Bonchev–Trinajstić information content (AvgIpc) is 2.99. The van der Waals surface area contributed by atoms with Gasteiger partial charge in [-0.15, -0.1) is 0 Å². The number of nitrogens with zero attached hydrogens (tertiary/aromatic N) is 2. The number of hydrogen-bond acceptors (Lipinski definition) is 8. The van der Waals surface area contributed by atoms with Crippen LogP contribution in [0.25, 0.3) is 22.0 Å². The summed E-state index contributed by atoms with van der Waals surface area (Å²) in [4.78, 5) is 9.42. The van der Waals surface area contributed by atoms with Gasteiger partial charge in [0.15, 0.2) is 0 Å². The van der Waals surface area contributed by atoms with Crippen molar-refractivity contribution in [3.63, 3.8) is 0 Å². The normalized spacial score (nSPS) is 19.8. The van der Waals surface area contributed by atoms with Crippen molar-refractivity contribution in [1.29, 1.82) is 0 Å². The third-order valence-electron chi connectivity index (χ3n) is 6.96. The molecule has 0 bridgehead atoms. The van der Waals surface area contributed by atoms with Gasteiger partial charge in [-0.25, -0.2) is 9.97 Å². The van der Waals surface area contributed by atoms with E-state index < -0.39 is 0 Å². The van der Waals surface area contributed by atoms with E-state index in [2.05, 4.69) is 51.3 Å². The second-order valence-electron chi connectivity index (χ2n) is 9.61. The number of benzene rings is 3. The lowest BCUT2D eigenvalue weighted by Crippen LogP contribution is -2.39. The van der Waals surface area contributed by atoms with Gasteiger partial charge in [-0.2, -0.15) is 0 Å². The molecule has 4 aromatic rings. The molecule has 2 unspecified atom stereocenters. The summed E-state index contributed by atoms with van der Waals surface area (Å²) in [6.07, 6.45) is 3.06. The minimum absolute atomic E-state index is 0.0947. The number of nitrogens with one attached hydrogen (secondary N) is 3. The summed E-state index contributed by atoms with van der Waals surface area (Å²) < 4.78 is 17.6. The van der Waals surface area contributed by atoms with Crippen molar-refractivity contribution in [2.24, 2.45) is 0 Å². The Morgan fingerprint density at radius 3 is 2.47 bits per heavy atom. The van der Waals surface area contributed by atoms with Gasteiger partial charge in [0.2, 0.25) is 5.95 Å². The molecule has 3 N–H and O–H groups in total. The van der Waals surface area contributed by atoms with E-state index in [4.69, 9.17) is 19.2 Å². The summed E-state index contributed by atoms with van der Waals surface area (Å²) >= 11 is 0. The van der Waals surface area contributed by atoms with Crippen molar-refractivity contribution in [1.82, 2.24) is 20.6 Å². The molecule has 1 aromatic heterocycles. The molecule has 2 atom stereocenters. The predicted molar refractivity (Wildman–Crippen MR) is 149 cm³/mol. The summed E-state index contributed by atoms with van der Waals surface area (Å²) in [7, 11) is 0. The van der Waals surface area contributed by atoms with Crippen molar-refractivity contribution in [3.8, 4) is 16.9 Å². The van der Waals surface area contributed by atoms with Crippen LogP contribution >= 0.6 is 0 Å². The van der Waals surface area contributed by atoms with E-state index in [0.29, 0.717) is 12.6 Å². The zero-order valence-electron chi connectivity index (χ0n) is 21.4. The molecule has 2 saturated heterocycles. The van der Waals surface area contributed by atoms with Crippen LogP contribution in [0.1, 0.15) is 18.1 Å². The van der Waals surface area contributed by atoms with E-state index in [1.807, 2.05) is 42.6 Å². The molecule has 8 nitrogen and oxygen atoms in total. The highest BCUT2D eigenvalue weighted by molar-refractivity contribution is 5.94. The highest BCUT2D eigenvalue weighted by Gasteiger charge is 2.16. The molecule has 3 aromatic carbocycles. The highest BCUT2D eigenvalue weighted by Crippen LogP contribution is 2.30. The fourth-order valence-corrected chi connectivity index (χ4v) is 4.88. The maximum absolute atomic E-state index is 5.96. The van der Waals surface area contributed by atoms with Crippen molar-refractivity contribution in [2.45, 2.75) is 18.6 Å². The standard InChI is InChI=1S/C30H33N5O3/c1-2-23-18-33-30(34-24-8-4-22(5-9-24)28-20-32-14-17-38-28)35-29(23)27(3-1)21-6-10-25(11-7-21)36-15-12-26-19-31-13-16-37-26/h1-11,18,26,28,31-32H,12-17,19-20H2,(H,33,34,35). The minimum atomic E-state index is 0.0947. The number of para-hydroxylation sites is 1. The molecule has 6 rings (SSSR count). The number of anilines is 2. The fraction of sp³-hybridized carbons (Fsp3) is 0.333. The Labute approximate surface area is 222 Å². The maximum atomic E-state index is 5.96. The third-order valence-corrected chi connectivity index (χ3v) is 6.96. The second-order valence-corrected chi connectivity index (χ2v) is 9.61. The quantitative estimate of drug-likeness (QED) is 0.320. The molecule has 2 fully saturated rings. The molecule has 38 heavy (non-hydrogen) atoms. The summed E-state index contributed by atoms with van der Waals surface area (Å²) in [5, 5.41) is 11.1. The van der Waals surface area contributed by atoms with Gasteiger partial charge in [-0.3, -0.25) is 0 Å². The van der Waals surface area contributed by atoms with E-state index in [1.54, 1.807) is 0 Å². The molecular formula is C30H33N5O3. The Kier molecular flexibility index (Phi) is 7.74. The number of rotatable bonds is 8. The van der Waals surface area contributed by atoms with Gasteiger partial charge in [-0.1, -0.05) is 42.5 Å². The Morgan fingerprint density at radius 1 is 0.895 bits per heavy atom. The van der Waals surface area contributed by atoms with E-state index in [9.17, 15) is 0 Å². The van der Waals surface area contributed by atoms with Crippen LogP contribution in [-0.4, -0.2) is 62.1 Å². The Hall–Kier alpha value is -3.56. The summed E-state index contributed by atoms with van der Waals surface area (Å²) in [5.41, 5.74) is 5.14. The van der Waals surface area contributed by atoms with Crippen LogP contribution < -0.4 is 20.7 Å². The minimum Gasteiger partial charge on any atom is -0.493 e. The first-order chi connectivity index (χ1) is 18.8. The molecule has 0 aliphatic carbocycles. The average molecular weight is 512 g/mol. The Balaban J connectivity index is 1.14. The van der Waals surface area contributed by atoms with Crippen molar-refractivity contribution >= 4 is 22.5 Å². The van der Waals surface area contributed by atoms with Gasteiger partial charge in [0.25, 0.3) is 0 Å². The maximum Gasteiger partial charge on any atom is 0.227 e. The number of hydrogen-bond donors (Lipinski definition) is 3. The van der Waals surface area contributed by atoms with Gasteiger partial charge in [0.1, 0.15) is 5.75 Å². The highest BCUT2D eigenvalue weighted by atomic mass is 16.5. The Bertz CT molecular complexity index is 1330. The van der Waals surface area contributed by atoms with Gasteiger partial charge in [0.05, 0.1) is 37.5 Å². The molecule has 3 heterocycles. The zero-order valence-corrected chi connectivity index (χ0v) is 21.4. The molecule has 2 aliphatic rings. The van der Waals surface area contributed by atoms with Crippen LogP contribution in [-0.2, 0) is 9.47 Å². The number of fused-ring (bicyclic) bond motifs is 1. The lowest BCUT2D eigenvalue weighted by atomic mass is 10.0. The van der Waals surface area contributed by atoms with Gasteiger partial charge in [0, 0.05) is 55.4 Å². The number of aromatic nitrogens is 2. The van der Waals surface area contributed by atoms with Crippen LogP contribution in [0.2, 0.25) is 0 Å². The van der Waals surface area contributed by atoms with Crippen molar-refractivity contribution < 1.29 is 14.2 Å². The van der Waals surface area contributed by atoms with Crippen LogP contribution in [0.4, 0.5) is 11.6 Å². The largest absolute Gasteiger partial charge is 0.493 e. The van der Waals surface area contributed by atoms with E-state index in [0.717, 1.165) is 84.8 Å². The summed E-state index contributed by atoms with van der Waals surface area (Å²) in [6.45, 7) is 5.70. The molecular weight excluding hydrogens is 478 g/mol. The fourth-order valence-electron chi connectivity index (χ4n) is 4.88. The molecule has 196 valence electrons. The second kappa shape index (κ2) is 11.9. The van der Waals surface area contributed by atoms with Crippen LogP contribution in [0.3, 0.4) is 0 Å². The smallest absolute Gasteiger partial charge is 0.227 e. The topological polar surface area (TPSA) is 89.6 Å². The molecule has 0 saturated carbocycles.